The lowest BCUT2D eigenvalue weighted by atomic mass is 10.1. The van der Waals surface area contributed by atoms with Gasteiger partial charge in [-0.15, -0.1) is 0 Å². The van der Waals surface area contributed by atoms with Crippen LogP contribution in [0.5, 0.6) is 11.5 Å². The first-order valence-electron chi connectivity index (χ1n) is 7.35. The van der Waals surface area contributed by atoms with Gasteiger partial charge in [-0.2, -0.15) is 0 Å². The normalized spacial score (nSPS) is 10.7. The molecule has 0 aliphatic heterocycles. The number of para-hydroxylation sites is 1. The number of aryl methyl sites for hydroxylation is 2. The number of hydrogen-bond acceptors (Lipinski definition) is 2. The third kappa shape index (κ3) is 3.99. The van der Waals surface area contributed by atoms with Crippen molar-refractivity contribution in [1.82, 2.24) is 5.32 Å². The molecule has 0 saturated carbocycles. The molecule has 0 aliphatic carbocycles. The fourth-order valence-corrected chi connectivity index (χ4v) is 2.50. The highest BCUT2D eigenvalue weighted by Gasteiger charge is 2.11. The zero-order chi connectivity index (χ0) is 15.2. The van der Waals surface area contributed by atoms with Gasteiger partial charge >= 0.3 is 0 Å². The summed E-state index contributed by atoms with van der Waals surface area (Å²) in [6.07, 6.45) is 1.09. The number of hydrogen-bond donors (Lipinski definition) is 1. The van der Waals surface area contributed by atoms with E-state index >= 15 is 0 Å². The van der Waals surface area contributed by atoms with Crippen LogP contribution in [0.2, 0.25) is 5.02 Å². The van der Waals surface area contributed by atoms with Crippen LogP contribution in [-0.2, 0) is 6.54 Å². The summed E-state index contributed by atoms with van der Waals surface area (Å²) in [4.78, 5) is 0. The summed E-state index contributed by atoms with van der Waals surface area (Å²) in [7, 11) is 0. The van der Waals surface area contributed by atoms with Gasteiger partial charge in [-0.25, -0.2) is 0 Å². The standard InChI is InChI=1S/C18H22ClNO/c1-4-11-20-12-15-16(19)9-6-10-17(15)21-18-13(2)7-5-8-14(18)3/h5-10,20H,4,11-12H2,1-3H3. The maximum Gasteiger partial charge on any atom is 0.133 e. The molecule has 112 valence electrons. The minimum atomic E-state index is 0.716. The van der Waals surface area contributed by atoms with Gasteiger partial charge in [-0.05, 0) is 50.1 Å². The molecule has 1 N–H and O–H groups in total. The van der Waals surface area contributed by atoms with Crippen LogP contribution in [0.25, 0.3) is 0 Å². The van der Waals surface area contributed by atoms with E-state index in [9.17, 15) is 0 Å². The van der Waals surface area contributed by atoms with Crippen LogP contribution >= 0.6 is 11.6 Å². The number of rotatable bonds is 6. The van der Waals surface area contributed by atoms with E-state index in [-0.39, 0.29) is 0 Å². The van der Waals surface area contributed by atoms with Crippen molar-refractivity contribution in [1.29, 1.82) is 0 Å². The van der Waals surface area contributed by atoms with Gasteiger partial charge in [0.05, 0.1) is 0 Å². The third-order valence-electron chi connectivity index (χ3n) is 3.43. The zero-order valence-corrected chi connectivity index (χ0v) is 13.6. The van der Waals surface area contributed by atoms with Crippen molar-refractivity contribution in [2.75, 3.05) is 6.54 Å². The highest BCUT2D eigenvalue weighted by Crippen LogP contribution is 2.33. The molecule has 0 bridgehead atoms. The number of halogens is 1. The smallest absolute Gasteiger partial charge is 0.133 e. The minimum Gasteiger partial charge on any atom is -0.456 e. The van der Waals surface area contributed by atoms with Crippen molar-refractivity contribution in [2.45, 2.75) is 33.7 Å². The Morgan fingerprint density at radius 3 is 2.38 bits per heavy atom. The van der Waals surface area contributed by atoms with Gasteiger partial charge in [0.1, 0.15) is 11.5 Å². The molecule has 0 heterocycles. The second-order valence-corrected chi connectivity index (χ2v) is 5.62. The van der Waals surface area contributed by atoms with Gasteiger partial charge in [0.25, 0.3) is 0 Å². The van der Waals surface area contributed by atoms with Crippen LogP contribution in [0.3, 0.4) is 0 Å². The van der Waals surface area contributed by atoms with Gasteiger partial charge in [-0.3, -0.25) is 0 Å². The maximum atomic E-state index is 6.33. The van der Waals surface area contributed by atoms with Crippen molar-refractivity contribution in [3.63, 3.8) is 0 Å². The summed E-state index contributed by atoms with van der Waals surface area (Å²) >= 11 is 6.33. The Kier molecular flexibility index (Phi) is 5.66. The second kappa shape index (κ2) is 7.48. The molecule has 0 radical (unpaired) electrons. The molecule has 2 rings (SSSR count). The average Bonchev–Trinajstić information content (AvgIpc) is 2.46. The predicted octanol–water partition coefficient (Wildman–Crippen LogP) is 5.25. The highest BCUT2D eigenvalue weighted by atomic mass is 35.5. The van der Waals surface area contributed by atoms with Crippen LogP contribution in [0, 0.1) is 13.8 Å². The van der Waals surface area contributed by atoms with E-state index in [1.807, 2.05) is 24.3 Å². The molecule has 3 heteroatoms. The predicted molar refractivity (Wildman–Crippen MR) is 89.4 cm³/mol. The lowest BCUT2D eigenvalue weighted by Crippen LogP contribution is -2.14. The van der Waals surface area contributed by atoms with Crippen molar-refractivity contribution in [3.8, 4) is 11.5 Å². The first-order chi connectivity index (χ1) is 10.1. The second-order valence-electron chi connectivity index (χ2n) is 5.22. The number of nitrogens with one attached hydrogen (secondary N) is 1. The summed E-state index contributed by atoms with van der Waals surface area (Å²) in [6, 6.07) is 12.0. The van der Waals surface area contributed by atoms with Crippen LogP contribution < -0.4 is 10.1 Å². The molecule has 2 aromatic carbocycles. The van der Waals surface area contributed by atoms with Gasteiger partial charge < -0.3 is 10.1 Å². The topological polar surface area (TPSA) is 21.3 Å². The monoisotopic (exact) mass is 303 g/mol. The molecule has 0 fully saturated rings. The summed E-state index contributed by atoms with van der Waals surface area (Å²) in [5, 5.41) is 4.12. The molecular formula is C18H22ClNO. The minimum absolute atomic E-state index is 0.716. The van der Waals surface area contributed by atoms with E-state index in [1.54, 1.807) is 0 Å². The van der Waals surface area contributed by atoms with Gasteiger partial charge in [0, 0.05) is 17.1 Å². The van der Waals surface area contributed by atoms with Crippen LogP contribution in [0.15, 0.2) is 36.4 Å². The molecule has 21 heavy (non-hydrogen) atoms. The molecule has 0 amide bonds. The SMILES string of the molecule is CCCNCc1c(Cl)cccc1Oc1c(C)cccc1C. The van der Waals surface area contributed by atoms with Gasteiger partial charge in [0.15, 0.2) is 0 Å². The van der Waals surface area contributed by atoms with Crippen LogP contribution in [0.4, 0.5) is 0 Å². The van der Waals surface area contributed by atoms with E-state index in [1.165, 1.54) is 0 Å². The Labute approximate surface area is 132 Å². The summed E-state index contributed by atoms with van der Waals surface area (Å²) in [5.41, 5.74) is 3.26. The summed E-state index contributed by atoms with van der Waals surface area (Å²) < 4.78 is 6.16. The fraction of sp³-hybridized carbons (Fsp3) is 0.333. The lowest BCUT2D eigenvalue weighted by Gasteiger charge is -2.16. The van der Waals surface area contributed by atoms with Gasteiger partial charge in [0.2, 0.25) is 0 Å². The first-order valence-corrected chi connectivity index (χ1v) is 7.73. The van der Waals surface area contributed by atoms with E-state index < -0.39 is 0 Å². The Balaban J connectivity index is 2.29. The maximum absolute atomic E-state index is 6.33. The summed E-state index contributed by atoms with van der Waals surface area (Å²) in [5.74, 6) is 1.74. The van der Waals surface area contributed by atoms with Crippen LogP contribution in [-0.4, -0.2) is 6.54 Å². The lowest BCUT2D eigenvalue weighted by molar-refractivity contribution is 0.465. The van der Waals surface area contributed by atoms with E-state index in [0.29, 0.717) is 6.54 Å². The summed E-state index contributed by atoms with van der Waals surface area (Å²) in [6.45, 7) is 7.94. The van der Waals surface area contributed by atoms with E-state index in [0.717, 1.165) is 46.2 Å². The van der Waals surface area contributed by atoms with E-state index in [4.69, 9.17) is 16.3 Å². The largest absolute Gasteiger partial charge is 0.456 e. The van der Waals surface area contributed by atoms with Gasteiger partial charge in [-0.1, -0.05) is 42.8 Å². The molecule has 2 aromatic rings. The molecular weight excluding hydrogens is 282 g/mol. The molecule has 2 nitrogen and oxygen atoms in total. The van der Waals surface area contributed by atoms with Crippen molar-refractivity contribution < 1.29 is 4.74 Å². The third-order valence-corrected chi connectivity index (χ3v) is 3.78. The molecule has 0 saturated heterocycles. The van der Waals surface area contributed by atoms with Crippen molar-refractivity contribution >= 4 is 11.6 Å². The average molecular weight is 304 g/mol. The molecule has 0 aromatic heterocycles. The van der Waals surface area contributed by atoms with E-state index in [2.05, 4.69) is 38.2 Å². The Morgan fingerprint density at radius 2 is 1.71 bits per heavy atom. The Hall–Kier alpha value is -1.51. The quantitative estimate of drug-likeness (QED) is 0.736. The van der Waals surface area contributed by atoms with Crippen molar-refractivity contribution in [2.24, 2.45) is 0 Å². The van der Waals surface area contributed by atoms with Crippen molar-refractivity contribution in [3.05, 3.63) is 58.1 Å². The van der Waals surface area contributed by atoms with Crippen LogP contribution in [0.1, 0.15) is 30.0 Å². The number of ether oxygens (including phenoxy) is 1. The first kappa shape index (κ1) is 15.9. The highest BCUT2D eigenvalue weighted by molar-refractivity contribution is 6.31. The fourth-order valence-electron chi connectivity index (χ4n) is 2.27. The molecule has 0 atom stereocenters. The molecule has 0 aliphatic rings. The number of benzene rings is 2. The molecule has 0 spiro atoms. The molecule has 0 unspecified atom stereocenters. The Morgan fingerprint density at radius 1 is 1.05 bits per heavy atom. The zero-order valence-electron chi connectivity index (χ0n) is 12.9. The Bertz CT molecular complexity index is 590.